The van der Waals surface area contributed by atoms with Crippen LogP contribution in [-0.4, -0.2) is 28.2 Å². The molecule has 2 unspecified atom stereocenters. The summed E-state index contributed by atoms with van der Waals surface area (Å²) in [6.07, 6.45) is 4.38. The van der Waals surface area contributed by atoms with E-state index >= 15 is 0 Å². The second kappa shape index (κ2) is 3.87. The average Bonchev–Trinajstić information content (AvgIpc) is 2.10. The lowest BCUT2D eigenvalue weighted by molar-refractivity contribution is -0.419. The Morgan fingerprint density at radius 3 is 2.79 bits per heavy atom. The summed E-state index contributed by atoms with van der Waals surface area (Å²) in [4.78, 5) is 9.89. The van der Waals surface area contributed by atoms with E-state index in [-0.39, 0.29) is 18.7 Å². The van der Waals surface area contributed by atoms with E-state index in [0.29, 0.717) is 0 Å². The van der Waals surface area contributed by atoms with Crippen molar-refractivity contribution in [3.63, 3.8) is 0 Å². The van der Waals surface area contributed by atoms with Crippen LogP contribution < -0.4 is 11.5 Å². The molecule has 0 aromatic carbocycles. The molecule has 0 aromatic heterocycles. The molecule has 0 heterocycles. The van der Waals surface area contributed by atoms with Gasteiger partial charge in [-0.15, -0.1) is 0 Å². The topological polar surface area (TPSA) is 115 Å². The van der Waals surface area contributed by atoms with Gasteiger partial charge in [-0.1, -0.05) is 6.08 Å². The van der Waals surface area contributed by atoms with Crippen LogP contribution in [0.25, 0.3) is 0 Å². The Labute approximate surface area is 81.0 Å². The van der Waals surface area contributed by atoms with Gasteiger partial charge in [0.2, 0.25) is 0 Å². The summed E-state index contributed by atoms with van der Waals surface area (Å²) in [5.41, 5.74) is 10.6. The molecule has 14 heavy (non-hydrogen) atoms. The van der Waals surface area contributed by atoms with Gasteiger partial charge >= 0.3 is 0 Å². The third kappa shape index (κ3) is 1.98. The minimum atomic E-state index is -0.881. The first-order valence-corrected chi connectivity index (χ1v) is 4.20. The molecule has 0 radical (unpaired) electrons. The minimum Gasteiger partial charge on any atom is -0.396 e. The number of nitrogens with zero attached hydrogens (tertiary/aromatic N) is 1. The first kappa shape index (κ1) is 10.8. The minimum absolute atomic E-state index is 0.0588. The number of nitro groups is 1. The molecular weight excluding hydrogens is 186 g/mol. The van der Waals surface area contributed by atoms with Crippen LogP contribution in [0.15, 0.2) is 23.9 Å². The molecule has 0 fully saturated rings. The number of hydrogen-bond donors (Lipinski definition) is 3. The maximum Gasteiger partial charge on any atom is 0.266 e. The van der Waals surface area contributed by atoms with Gasteiger partial charge in [0, 0.05) is 18.8 Å². The highest BCUT2D eigenvalue weighted by molar-refractivity contribution is 5.29. The number of aliphatic hydroxyl groups excluding tert-OH is 1. The molecule has 0 amide bonds. The highest BCUT2D eigenvalue weighted by Crippen LogP contribution is 2.20. The molecule has 78 valence electrons. The molecule has 6 heteroatoms. The summed E-state index contributed by atoms with van der Waals surface area (Å²) >= 11 is 0. The Balaban J connectivity index is 2.85. The zero-order valence-corrected chi connectivity index (χ0v) is 7.59. The highest BCUT2D eigenvalue weighted by atomic mass is 16.6. The highest BCUT2D eigenvalue weighted by Gasteiger charge is 2.33. The molecule has 1 aliphatic carbocycles. The lowest BCUT2D eigenvalue weighted by Crippen LogP contribution is -2.54. The van der Waals surface area contributed by atoms with E-state index in [1.807, 2.05) is 0 Å². The van der Waals surface area contributed by atoms with E-state index in [4.69, 9.17) is 16.6 Å². The first-order valence-electron chi connectivity index (χ1n) is 4.20. The first-order chi connectivity index (χ1) is 6.49. The number of rotatable bonds is 3. The molecule has 2 atom stereocenters. The summed E-state index contributed by atoms with van der Waals surface area (Å²) in [5.74, 6) is 0. The molecule has 0 aliphatic heterocycles. The SMILES string of the molecule is NC1C=C([N+](=O)[O-])C=CC1(N)CCO. The smallest absolute Gasteiger partial charge is 0.266 e. The predicted octanol–water partition coefficient (Wildman–Crippen LogP) is -0.876. The Morgan fingerprint density at radius 1 is 1.71 bits per heavy atom. The van der Waals surface area contributed by atoms with E-state index in [1.165, 1.54) is 18.2 Å². The van der Waals surface area contributed by atoms with Crippen LogP contribution in [-0.2, 0) is 0 Å². The van der Waals surface area contributed by atoms with Gasteiger partial charge in [0.25, 0.3) is 5.70 Å². The normalized spacial score (nSPS) is 31.4. The van der Waals surface area contributed by atoms with Crippen molar-refractivity contribution in [2.45, 2.75) is 18.0 Å². The van der Waals surface area contributed by atoms with E-state index < -0.39 is 16.5 Å². The van der Waals surface area contributed by atoms with Crippen LogP contribution in [0.4, 0.5) is 0 Å². The fraction of sp³-hybridized carbons (Fsp3) is 0.500. The lowest BCUT2D eigenvalue weighted by atomic mass is 9.84. The molecular formula is C8H13N3O3. The van der Waals surface area contributed by atoms with E-state index in [1.54, 1.807) is 0 Å². The van der Waals surface area contributed by atoms with Gasteiger partial charge in [0.05, 0.1) is 16.5 Å². The summed E-state index contributed by atoms with van der Waals surface area (Å²) in [6, 6.07) is -0.639. The maximum atomic E-state index is 10.4. The lowest BCUT2D eigenvalue weighted by Gasteiger charge is -2.31. The number of nitrogens with two attached hydrogens (primary N) is 2. The van der Waals surface area contributed by atoms with Gasteiger partial charge < -0.3 is 16.6 Å². The number of allylic oxidation sites excluding steroid dienone is 1. The maximum absolute atomic E-state index is 10.4. The quantitative estimate of drug-likeness (QED) is 0.403. The van der Waals surface area contributed by atoms with Crippen LogP contribution in [0.1, 0.15) is 6.42 Å². The second-order valence-corrected chi connectivity index (χ2v) is 3.29. The van der Waals surface area contributed by atoms with Gasteiger partial charge in [-0.3, -0.25) is 10.1 Å². The van der Waals surface area contributed by atoms with Gasteiger partial charge in [0.1, 0.15) is 0 Å². The van der Waals surface area contributed by atoms with Crippen LogP contribution in [0.5, 0.6) is 0 Å². The molecule has 1 rings (SSSR count). The number of hydrogen-bond acceptors (Lipinski definition) is 5. The fourth-order valence-electron chi connectivity index (χ4n) is 1.31. The predicted molar refractivity (Wildman–Crippen MR) is 50.8 cm³/mol. The molecule has 0 spiro atoms. The van der Waals surface area contributed by atoms with Crippen molar-refractivity contribution < 1.29 is 10.0 Å². The van der Waals surface area contributed by atoms with Crippen molar-refractivity contribution in [3.05, 3.63) is 34.0 Å². The Bertz CT molecular complexity index is 300. The molecule has 0 aromatic rings. The monoisotopic (exact) mass is 199 g/mol. The van der Waals surface area contributed by atoms with Crippen molar-refractivity contribution in [1.82, 2.24) is 0 Å². The second-order valence-electron chi connectivity index (χ2n) is 3.29. The summed E-state index contributed by atoms with van der Waals surface area (Å²) < 4.78 is 0. The van der Waals surface area contributed by atoms with Crippen molar-refractivity contribution in [2.75, 3.05) is 6.61 Å². The van der Waals surface area contributed by atoms with E-state index in [2.05, 4.69) is 0 Å². The van der Waals surface area contributed by atoms with Crippen molar-refractivity contribution in [1.29, 1.82) is 0 Å². The molecule has 1 aliphatic rings. The zero-order chi connectivity index (χ0) is 10.8. The zero-order valence-electron chi connectivity index (χ0n) is 7.59. The van der Waals surface area contributed by atoms with Crippen LogP contribution >= 0.6 is 0 Å². The third-order valence-electron chi connectivity index (χ3n) is 2.29. The standard InChI is InChI=1S/C8H13N3O3/c9-7-5-6(11(13)14)1-2-8(7,10)3-4-12/h1-2,5,7,12H,3-4,9-10H2. The third-order valence-corrected chi connectivity index (χ3v) is 2.29. The van der Waals surface area contributed by atoms with Crippen molar-refractivity contribution >= 4 is 0 Å². The van der Waals surface area contributed by atoms with Crippen LogP contribution in [0, 0.1) is 10.1 Å². The van der Waals surface area contributed by atoms with Crippen LogP contribution in [0.2, 0.25) is 0 Å². The summed E-state index contributed by atoms with van der Waals surface area (Å²) in [6.45, 7) is -0.101. The van der Waals surface area contributed by atoms with Gasteiger partial charge in [0.15, 0.2) is 0 Å². The van der Waals surface area contributed by atoms with Gasteiger partial charge in [-0.25, -0.2) is 0 Å². The van der Waals surface area contributed by atoms with Gasteiger partial charge in [-0.2, -0.15) is 0 Å². The van der Waals surface area contributed by atoms with E-state index in [9.17, 15) is 10.1 Å². The van der Waals surface area contributed by atoms with Crippen molar-refractivity contribution in [2.24, 2.45) is 11.5 Å². The molecule has 5 N–H and O–H groups in total. The van der Waals surface area contributed by atoms with Gasteiger partial charge in [-0.05, 0) is 6.42 Å². The Hall–Kier alpha value is -1.24. The van der Waals surface area contributed by atoms with Crippen LogP contribution in [0.3, 0.4) is 0 Å². The summed E-state index contributed by atoms with van der Waals surface area (Å²) in [7, 11) is 0. The van der Waals surface area contributed by atoms with E-state index in [0.717, 1.165) is 0 Å². The summed E-state index contributed by atoms with van der Waals surface area (Å²) in [5, 5.41) is 19.2. The fourth-order valence-corrected chi connectivity index (χ4v) is 1.31. The number of aliphatic hydroxyl groups is 1. The Kier molecular flexibility index (Phi) is 3.00. The van der Waals surface area contributed by atoms with Crippen molar-refractivity contribution in [3.8, 4) is 0 Å². The molecule has 0 saturated carbocycles. The average molecular weight is 199 g/mol. The molecule has 6 nitrogen and oxygen atoms in total. The Morgan fingerprint density at radius 2 is 2.36 bits per heavy atom. The molecule has 0 saturated heterocycles. The largest absolute Gasteiger partial charge is 0.396 e. The molecule has 0 bridgehead atoms.